The van der Waals surface area contributed by atoms with Gasteiger partial charge < -0.3 is 10.8 Å². The highest BCUT2D eigenvalue weighted by Gasteiger charge is 2.39. The number of nitrogens with zero attached hydrogens (tertiary/aromatic N) is 4. The monoisotopic (exact) mass is 375 g/mol. The van der Waals surface area contributed by atoms with E-state index in [-0.39, 0.29) is 18.8 Å². The summed E-state index contributed by atoms with van der Waals surface area (Å²) >= 11 is 0. The minimum absolute atomic E-state index is 0.157. The molecule has 3 heterocycles. The van der Waals surface area contributed by atoms with Gasteiger partial charge in [0.15, 0.2) is 0 Å². The molecule has 0 aromatic carbocycles. The van der Waals surface area contributed by atoms with Gasteiger partial charge in [-0.2, -0.15) is 5.10 Å². The smallest absolute Gasteiger partial charge is 0.249 e. The van der Waals surface area contributed by atoms with Crippen LogP contribution < -0.4 is 5.73 Å². The fraction of sp³-hybridized carbons (Fsp3) is 0.286. The minimum Gasteiger partial charge on any atom is -0.380 e. The summed E-state index contributed by atoms with van der Waals surface area (Å²) in [4.78, 5) is 20.7. The van der Waals surface area contributed by atoms with Crippen LogP contribution in [0.3, 0.4) is 0 Å². The zero-order chi connectivity index (χ0) is 19.6. The largest absolute Gasteiger partial charge is 0.380 e. The molecule has 3 N–H and O–H groups in total. The van der Waals surface area contributed by atoms with Crippen molar-refractivity contribution in [3.8, 4) is 0 Å². The van der Waals surface area contributed by atoms with Crippen LogP contribution >= 0.6 is 0 Å². The van der Waals surface area contributed by atoms with Gasteiger partial charge in [0, 0.05) is 18.3 Å². The molecule has 0 saturated carbocycles. The van der Waals surface area contributed by atoms with Gasteiger partial charge in [-0.25, -0.2) is 0 Å². The predicted octanol–water partition coefficient (Wildman–Crippen LogP) is 2.02. The lowest BCUT2D eigenvalue weighted by atomic mass is 9.76. The summed E-state index contributed by atoms with van der Waals surface area (Å²) in [5, 5.41) is 19.6. The van der Waals surface area contributed by atoms with E-state index in [9.17, 15) is 9.90 Å². The van der Waals surface area contributed by atoms with E-state index in [1.54, 1.807) is 12.4 Å². The zero-order valence-electron chi connectivity index (χ0n) is 15.3. The zero-order valence-corrected chi connectivity index (χ0v) is 15.3. The van der Waals surface area contributed by atoms with Gasteiger partial charge in [0.1, 0.15) is 11.3 Å². The van der Waals surface area contributed by atoms with Crippen molar-refractivity contribution in [1.29, 1.82) is 0 Å². The first kappa shape index (κ1) is 18.2. The lowest BCUT2D eigenvalue weighted by molar-refractivity contribution is -0.137. The Morgan fingerprint density at radius 1 is 1.04 bits per heavy atom. The van der Waals surface area contributed by atoms with Crippen LogP contribution in [0.2, 0.25) is 0 Å². The lowest BCUT2D eigenvalue weighted by Gasteiger charge is -2.32. The Morgan fingerprint density at radius 3 is 2.39 bits per heavy atom. The number of carbonyl (C=O) groups is 1. The fourth-order valence-corrected chi connectivity index (χ4v) is 3.74. The van der Waals surface area contributed by atoms with Crippen molar-refractivity contribution in [3.63, 3.8) is 0 Å². The molecule has 1 aliphatic heterocycles. The Kier molecular flexibility index (Phi) is 4.83. The van der Waals surface area contributed by atoms with Crippen LogP contribution in [0.1, 0.15) is 37.1 Å². The highest BCUT2D eigenvalue weighted by molar-refractivity contribution is 6.19. The summed E-state index contributed by atoms with van der Waals surface area (Å²) in [5.74, 6) is -0.842. The third-order valence-corrected chi connectivity index (χ3v) is 5.30. The number of hydrogen-bond acceptors (Lipinski definition) is 6. The van der Waals surface area contributed by atoms with Crippen LogP contribution in [0.25, 0.3) is 0 Å². The van der Waals surface area contributed by atoms with Crippen molar-refractivity contribution >= 4 is 17.3 Å². The highest BCUT2D eigenvalue weighted by atomic mass is 16.3. The Morgan fingerprint density at radius 2 is 1.75 bits per heavy atom. The second kappa shape index (κ2) is 7.44. The van der Waals surface area contributed by atoms with Crippen LogP contribution in [0.5, 0.6) is 0 Å². The molecule has 4 rings (SSSR count). The maximum atomic E-state index is 11.8. The summed E-state index contributed by atoms with van der Waals surface area (Å²) in [5.41, 5.74) is 7.86. The van der Waals surface area contributed by atoms with Crippen molar-refractivity contribution in [2.24, 2.45) is 21.9 Å². The number of pyridine rings is 2. The number of nitrogens with two attached hydrogens (primary N) is 1. The number of carbonyl (C=O) groups excluding carboxylic acids is 1. The molecule has 7 heteroatoms. The number of aliphatic hydroxyl groups is 1. The van der Waals surface area contributed by atoms with Gasteiger partial charge >= 0.3 is 0 Å². The van der Waals surface area contributed by atoms with E-state index in [1.165, 1.54) is 0 Å². The maximum Gasteiger partial charge on any atom is 0.249 e. The molecule has 142 valence electrons. The Hall–Kier alpha value is -3.19. The number of allylic oxidation sites excluding steroid dienone is 2. The van der Waals surface area contributed by atoms with Gasteiger partial charge in [0.2, 0.25) is 5.91 Å². The van der Waals surface area contributed by atoms with Crippen molar-refractivity contribution in [3.05, 3.63) is 71.8 Å². The van der Waals surface area contributed by atoms with Crippen molar-refractivity contribution in [2.75, 3.05) is 0 Å². The summed E-state index contributed by atoms with van der Waals surface area (Å²) in [6.07, 6.45) is 7.00. The third kappa shape index (κ3) is 3.36. The van der Waals surface area contributed by atoms with Gasteiger partial charge in [-0.1, -0.05) is 18.2 Å². The first-order chi connectivity index (χ1) is 13.6. The van der Waals surface area contributed by atoms with E-state index in [0.29, 0.717) is 12.8 Å². The van der Waals surface area contributed by atoms with Crippen LogP contribution in [-0.2, 0) is 4.79 Å². The molecule has 0 spiro atoms. The number of rotatable bonds is 3. The van der Waals surface area contributed by atoms with E-state index >= 15 is 0 Å². The second-order valence-corrected chi connectivity index (χ2v) is 7.05. The van der Waals surface area contributed by atoms with E-state index < -0.39 is 11.5 Å². The molecular weight excluding hydrogens is 354 g/mol. The molecular formula is C21H21N5O2. The SMILES string of the molecule is NC(=O)[C@@]1(O)CC/C=C2/C(c3ccccn3)=NN=C(c3ccccn3)C2CC1. The molecule has 1 amide bonds. The third-order valence-electron chi connectivity index (χ3n) is 5.30. The standard InChI is InChI=1S/C21H21N5O2/c22-20(27)21(28)10-5-6-14-15(9-11-21)19(17-8-2-4-13-24-17)26-25-18(14)16-7-1-3-12-23-16/h1-4,6-8,12-13,15,28H,5,9-11H2,(H2,22,27)/b14-6+/t15?,21-/m1/s1. The quantitative estimate of drug-likeness (QED) is 0.854. The second-order valence-electron chi connectivity index (χ2n) is 7.05. The maximum absolute atomic E-state index is 11.8. The summed E-state index contributed by atoms with van der Waals surface area (Å²) in [6.45, 7) is 0. The van der Waals surface area contributed by atoms with Crippen LogP contribution in [0.15, 0.2) is 70.6 Å². The van der Waals surface area contributed by atoms with Crippen LogP contribution in [0, 0.1) is 5.92 Å². The molecule has 2 atom stereocenters. The van der Waals surface area contributed by atoms with Crippen molar-refractivity contribution in [2.45, 2.75) is 31.3 Å². The molecule has 2 aromatic heterocycles. The molecule has 0 radical (unpaired) electrons. The highest BCUT2D eigenvalue weighted by Crippen LogP contribution is 2.35. The van der Waals surface area contributed by atoms with Crippen molar-refractivity contribution in [1.82, 2.24) is 9.97 Å². The first-order valence-electron chi connectivity index (χ1n) is 9.29. The molecule has 0 bridgehead atoms. The van der Waals surface area contributed by atoms with Gasteiger partial charge in [-0.3, -0.25) is 14.8 Å². The van der Waals surface area contributed by atoms with E-state index in [2.05, 4.69) is 20.2 Å². The molecule has 28 heavy (non-hydrogen) atoms. The first-order valence-corrected chi connectivity index (χ1v) is 9.29. The number of aromatic nitrogens is 2. The number of amides is 1. The van der Waals surface area contributed by atoms with Gasteiger partial charge in [0.25, 0.3) is 0 Å². The number of fused-ring (bicyclic) bond motifs is 1. The molecule has 1 aliphatic carbocycles. The predicted molar refractivity (Wildman–Crippen MR) is 106 cm³/mol. The Bertz CT molecular complexity index is 969. The van der Waals surface area contributed by atoms with Gasteiger partial charge in [0.05, 0.1) is 17.1 Å². The Labute approximate surface area is 162 Å². The summed E-state index contributed by atoms with van der Waals surface area (Å²) < 4.78 is 0. The molecule has 7 nitrogen and oxygen atoms in total. The minimum atomic E-state index is -1.52. The molecule has 2 aliphatic rings. The molecule has 0 saturated heterocycles. The molecule has 2 aromatic rings. The van der Waals surface area contributed by atoms with Crippen LogP contribution in [-0.4, -0.2) is 38.0 Å². The normalized spacial score (nSPS) is 26.6. The fourth-order valence-electron chi connectivity index (χ4n) is 3.74. The molecule has 0 fully saturated rings. The Balaban J connectivity index is 1.81. The van der Waals surface area contributed by atoms with Crippen LogP contribution in [0.4, 0.5) is 0 Å². The van der Waals surface area contributed by atoms with E-state index in [0.717, 1.165) is 28.4 Å². The van der Waals surface area contributed by atoms with Crippen molar-refractivity contribution < 1.29 is 9.90 Å². The lowest BCUT2D eigenvalue weighted by Crippen LogP contribution is -2.45. The topological polar surface area (TPSA) is 114 Å². The average molecular weight is 375 g/mol. The summed E-state index contributed by atoms with van der Waals surface area (Å²) in [6, 6.07) is 11.3. The molecule has 1 unspecified atom stereocenters. The van der Waals surface area contributed by atoms with E-state index in [4.69, 9.17) is 5.73 Å². The van der Waals surface area contributed by atoms with Gasteiger partial charge in [-0.15, -0.1) is 5.10 Å². The van der Waals surface area contributed by atoms with Gasteiger partial charge in [-0.05, 0) is 55.5 Å². The average Bonchev–Trinajstić information content (AvgIpc) is 2.72. The summed E-state index contributed by atoms with van der Waals surface area (Å²) in [7, 11) is 0. The number of primary amides is 1. The van der Waals surface area contributed by atoms with E-state index in [1.807, 2.05) is 42.5 Å². The number of hydrogen-bond donors (Lipinski definition) is 2.